The van der Waals surface area contributed by atoms with Crippen LogP contribution in [0.3, 0.4) is 0 Å². The van der Waals surface area contributed by atoms with Crippen molar-refractivity contribution in [3.63, 3.8) is 0 Å². The Hall–Kier alpha value is 2.66. The molecule has 0 heterocycles. The minimum Gasteiger partial charge on any atom is 0 e. The summed E-state index contributed by atoms with van der Waals surface area (Å²) in [7, 11) is 0. The van der Waals surface area contributed by atoms with E-state index in [4.69, 9.17) is 2.81 Å². The molecule has 0 atom stereocenters. The molecule has 0 bridgehead atoms. The first-order valence-corrected chi connectivity index (χ1v) is 1.60. The summed E-state index contributed by atoms with van der Waals surface area (Å²) in [5.41, 5.74) is 0. The van der Waals surface area contributed by atoms with Gasteiger partial charge in [-0.3, -0.25) is 0 Å². The Kier molecular flexibility index (Phi) is 69.2. The Morgan fingerprint density at radius 2 is 1.25 bits per heavy atom. The van der Waals surface area contributed by atoms with Crippen LogP contribution in [0.15, 0.2) is 0 Å². The van der Waals surface area contributed by atoms with Crippen molar-refractivity contribution in [1.82, 2.24) is 0 Å². The Morgan fingerprint density at radius 3 is 1.25 bits per heavy atom. The molecule has 0 rings (SSSR count). The topological polar surface area (TPSA) is 17.1 Å². The van der Waals surface area contributed by atoms with E-state index in [9.17, 15) is 0 Å². The molecule has 0 saturated heterocycles. The number of hydrogen-bond acceptors (Lipinski definition) is 1. The van der Waals surface area contributed by atoms with E-state index in [0.29, 0.717) is 0 Å². The molecule has 0 fully saturated rings. The first-order chi connectivity index (χ1) is 1.00. The molecule has 1 nitrogen and oxygen atoms in total. The van der Waals surface area contributed by atoms with Gasteiger partial charge in [-0.1, -0.05) is 0 Å². The van der Waals surface area contributed by atoms with Crippen LogP contribution in [-0.4, -0.2) is 50.6 Å². The Morgan fingerprint density at radius 1 is 1.25 bits per heavy atom. The van der Waals surface area contributed by atoms with Crippen molar-refractivity contribution < 1.29 is 35.5 Å². The van der Waals surface area contributed by atoms with Gasteiger partial charge in [0.05, 0.1) is 0 Å². The number of hydrogen-bond donors (Lipinski definition) is 0. The molecule has 0 aliphatic carbocycles. The number of rotatable bonds is 0. The van der Waals surface area contributed by atoms with Gasteiger partial charge in [-0.15, -0.1) is 0 Å². The fourth-order valence-electron chi connectivity index (χ4n) is 0. The van der Waals surface area contributed by atoms with Crippen LogP contribution in [0.2, 0.25) is 0 Å². The van der Waals surface area contributed by atoms with Gasteiger partial charge in [0.1, 0.15) is 0 Å². The van der Waals surface area contributed by atoms with Crippen LogP contribution in [0.25, 0.3) is 0 Å². The summed E-state index contributed by atoms with van der Waals surface area (Å²) < 4.78 is 8.36. The van der Waals surface area contributed by atoms with Crippen molar-refractivity contribution in [2.75, 3.05) is 0 Å². The zero-order chi connectivity index (χ0) is 2.00. The zero-order valence-corrected chi connectivity index (χ0v) is 11.6. The summed E-state index contributed by atoms with van der Waals surface area (Å²) in [4.78, 5) is 0. The van der Waals surface area contributed by atoms with Crippen LogP contribution < -0.4 is 0 Å². The van der Waals surface area contributed by atoms with Gasteiger partial charge in [0.2, 0.25) is 0 Å². The van der Waals surface area contributed by atoms with Crippen LogP contribution in [0.4, 0.5) is 0 Å². The maximum absolute atomic E-state index is 8.36. The van der Waals surface area contributed by atoms with Crippen LogP contribution in [0.1, 0.15) is 0 Å². The van der Waals surface area contributed by atoms with Gasteiger partial charge in [-0.05, 0) is 0 Å². The van der Waals surface area contributed by atoms with Crippen LogP contribution in [0.5, 0.6) is 0 Å². The Labute approximate surface area is 84.2 Å². The SMILES string of the molecule is [In].[O]=[Bi].[Y]. The first kappa shape index (κ1) is 15.9. The largest absolute Gasteiger partial charge is 0 e. The predicted molar refractivity (Wildman–Crippen MR) is 12.2 cm³/mol. The fourth-order valence-corrected chi connectivity index (χ4v) is 0. The van der Waals surface area contributed by atoms with Crippen LogP contribution in [-0.2, 0) is 35.5 Å². The van der Waals surface area contributed by atoms with Gasteiger partial charge < -0.3 is 0 Å². The molecule has 0 aromatic carbocycles. The van der Waals surface area contributed by atoms with Gasteiger partial charge >= 0.3 is 27.5 Å². The third-order valence-electron chi connectivity index (χ3n) is 0. The molecule has 0 N–H and O–H groups in total. The summed E-state index contributed by atoms with van der Waals surface area (Å²) in [6, 6.07) is 0. The van der Waals surface area contributed by atoms with E-state index in [1.165, 1.54) is 0 Å². The molecule has 0 amide bonds. The molecule has 0 aromatic rings. The monoisotopic (exact) mass is 429 g/mol. The van der Waals surface area contributed by atoms with E-state index in [0.717, 1.165) is 0 Å². The zero-order valence-electron chi connectivity index (χ0n) is 2.01. The molecular weight excluding hydrogens is 429 g/mol. The van der Waals surface area contributed by atoms with Gasteiger partial charge in [-0.2, -0.15) is 0 Å². The molecule has 0 aliphatic heterocycles. The van der Waals surface area contributed by atoms with Crippen LogP contribution in [0, 0.1) is 0 Å². The summed E-state index contributed by atoms with van der Waals surface area (Å²) in [5, 5.41) is 0. The van der Waals surface area contributed by atoms with Crippen molar-refractivity contribution >= 4 is 50.6 Å². The molecule has 17 valence electrons. The average Bonchev–Trinajstić information content (AvgIpc) is 1.00. The molecule has 5 radical (unpaired) electrons. The van der Waals surface area contributed by atoms with Gasteiger partial charge in [-0.25, -0.2) is 0 Å². The van der Waals surface area contributed by atoms with Crippen molar-refractivity contribution in [1.29, 1.82) is 0 Å². The minimum absolute atomic E-state index is 0. The van der Waals surface area contributed by atoms with Crippen molar-refractivity contribution in [2.24, 2.45) is 0 Å². The molecule has 0 aliphatic rings. The summed E-state index contributed by atoms with van der Waals surface area (Å²) in [6.45, 7) is 0. The van der Waals surface area contributed by atoms with E-state index in [2.05, 4.69) is 0 Å². The van der Waals surface area contributed by atoms with Gasteiger partial charge in [0.15, 0.2) is 0 Å². The normalized spacial score (nSPS) is 1.00. The van der Waals surface area contributed by atoms with E-state index >= 15 is 0 Å². The van der Waals surface area contributed by atoms with Gasteiger partial charge in [0.25, 0.3) is 0 Å². The summed E-state index contributed by atoms with van der Waals surface area (Å²) in [6.07, 6.45) is 0. The Bertz CT molecular complexity index is 8.00. The minimum atomic E-state index is 0. The quantitative estimate of drug-likeness (QED) is 0.458. The second kappa shape index (κ2) is 17.4. The third kappa shape index (κ3) is 8.82. The van der Waals surface area contributed by atoms with E-state index in [-0.39, 0.29) is 83.3 Å². The standard InChI is InChI=1S/Bi.In.O.Y. The van der Waals surface area contributed by atoms with Crippen molar-refractivity contribution in [3.8, 4) is 0 Å². The van der Waals surface area contributed by atoms with E-state index in [1.54, 1.807) is 0 Å². The molecule has 4 heavy (non-hydrogen) atoms. The van der Waals surface area contributed by atoms with Crippen molar-refractivity contribution in [2.45, 2.75) is 0 Å². The predicted octanol–water partition coefficient (Wildman–Crippen LogP) is -0.883. The first-order valence-electron chi connectivity index (χ1n) is 0.183. The second-order valence-electron chi connectivity index (χ2n) is 0. The molecular formula is BiInOY. The third-order valence-corrected chi connectivity index (χ3v) is 0. The van der Waals surface area contributed by atoms with E-state index < -0.39 is 0 Å². The van der Waals surface area contributed by atoms with Crippen molar-refractivity contribution in [3.05, 3.63) is 0 Å². The molecule has 4 heteroatoms. The molecule has 0 aromatic heterocycles. The summed E-state index contributed by atoms with van der Waals surface area (Å²) >= 11 is 0.194. The molecule has 0 saturated carbocycles. The fraction of sp³-hybridized carbons (Fsp3) is 0. The second-order valence-corrected chi connectivity index (χ2v) is 0. The van der Waals surface area contributed by atoms with E-state index in [1.807, 2.05) is 0 Å². The maximum Gasteiger partial charge on any atom is 0 e. The Balaban J connectivity index is -0.00000000500. The summed E-state index contributed by atoms with van der Waals surface area (Å²) in [5.74, 6) is 0. The molecule has 0 unspecified atom stereocenters. The van der Waals surface area contributed by atoms with Crippen LogP contribution >= 0.6 is 0 Å². The maximum atomic E-state index is 8.36. The molecule has 0 spiro atoms. The average molecular weight is 429 g/mol. The smallest absolute Gasteiger partial charge is 0 e. The van der Waals surface area contributed by atoms with Gasteiger partial charge in [0, 0.05) is 58.6 Å².